The lowest BCUT2D eigenvalue weighted by Crippen LogP contribution is -2.39. The second-order valence-corrected chi connectivity index (χ2v) is 7.54. The van der Waals surface area contributed by atoms with Gasteiger partial charge >= 0.3 is 0 Å². The third-order valence-corrected chi connectivity index (χ3v) is 5.48. The number of carbonyl (C=O) groups is 2. The van der Waals surface area contributed by atoms with Gasteiger partial charge in [-0.05, 0) is 31.0 Å². The Morgan fingerprint density at radius 1 is 1.26 bits per heavy atom. The molecule has 1 saturated heterocycles. The molecule has 27 heavy (non-hydrogen) atoms. The molecule has 1 N–H and O–H groups in total. The average Bonchev–Trinajstić information content (AvgIpc) is 2.87. The van der Waals surface area contributed by atoms with Gasteiger partial charge in [-0.2, -0.15) is 0 Å². The third-order valence-electron chi connectivity index (χ3n) is 4.92. The van der Waals surface area contributed by atoms with Crippen molar-refractivity contribution in [3.8, 4) is 0 Å². The van der Waals surface area contributed by atoms with E-state index in [1.165, 1.54) is 11.8 Å². The van der Waals surface area contributed by atoms with Crippen LogP contribution in [0.3, 0.4) is 0 Å². The Kier molecular flexibility index (Phi) is 6.42. The monoisotopic (exact) mass is 412 g/mol. The topological polar surface area (TPSA) is 70.1 Å². The fourth-order valence-corrected chi connectivity index (χ4v) is 4.09. The van der Waals surface area contributed by atoms with E-state index >= 15 is 0 Å². The first-order valence-electron chi connectivity index (χ1n) is 8.90. The lowest BCUT2D eigenvalue weighted by molar-refractivity contribution is -0.129. The van der Waals surface area contributed by atoms with Crippen molar-refractivity contribution in [2.75, 3.05) is 39.4 Å². The van der Waals surface area contributed by atoms with Gasteiger partial charge in [-0.15, -0.1) is 0 Å². The summed E-state index contributed by atoms with van der Waals surface area (Å²) in [7, 11) is 0. The van der Waals surface area contributed by atoms with Crippen LogP contribution in [0.15, 0.2) is 29.5 Å². The van der Waals surface area contributed by atoms with E-state index in [9.17, 15) is 14.7 Å². The van der Waals surface area contributed by atoms with Crippen LogP contribution >= 0.6 is 23.2 Å². The van der Waals surface area contributed by atoms with Crippen molar-refractivity contribution in [1.29, 1.82) is 0 Å². The minimum Gasteiger partial charge on any atom is -0.503 e. The van der Waals surface area contributed by atoms with Gasteiger partial charge in [-0.3, -0.25) is 14.5 Å². The highest BCUT2D eigenvalue weighted by Gasteiger charge is 2.42. The number of hydrogen-bond donors (Lipinski definition) is 1. The number of aliphatic hydroxyl groups is 1. The largest absolute Gasteiger partial charge is 0.503 e. The van der Waals surface area contributed by atoms with Crippen LogP contribution in [0, 0.1) is 0 Å². The Morgan fingerprint density at radius 2 is 1.96 bits per heavy atom. The highest BCUT2D eigenvalue weighted by molar-refractivity contribution is 6.35. The Balaban J connectivity index is 1.82. The second kappa shape index (κ2) is 8.61. The van der Waals surface area contributed by atoms with Gasteiger partial charge in [0.05, 0.1) is 24.8 Å². The normalized spacial score (nSPS) is 21.2. The van der Waals surface area contributed by atoms with Crippen LogP contribution in [-0.2, 0) is 14.3 Å². The molecule has 1 atom stereocenters. The van der Waals surface area contributed by atoms with Crippen molar-refractivity contribution in [3.63, 3.8) is 0 Å². The number of morpholine rings is 1. The highest BCUT2D eigenvalue weighted by atomic mass is 35.5. The molecule has 1 aromatic rings. The molecule has 1 aromatic carbocycles. The van der Waals surface area contributed by atoms with Gasteiger partial charge in [0, 0.05) is 36.2 Å². The molecule has 146 valence electrons. The lowest BCUT2D eigenvalue weighted by atomic mass is 9.96. The van der Waals surface area contributed by atoms with E-state index in [-0.39, 0.29) is 11.4 Å². The van der Waals surface area contributed by atoms with E-state index in [1.807, 2.05) is 0 Å². The van der Waals surface area contributed by atoms with E-state index in [2.05, 4.69) is 4.90 Å². The molecule has 0 bridgehead atoms. The third kappa shape index (κ3) is 4.29. The van der Waals surface area contributed by atoms with Crippen molar-refractivity contribution in [3.05, 3.63) is 45.1 Å². The summed E-state index contributed by atoms with van der Waals surface area (Å²) >= 11 is 12.3. The number of ether oxygens (including phenoxy) is 1. The van der Waals surface area contributed by atoms with E-state index < -0.39 is 17.7 Å². The Labute approximate surface area is 168 Å². The summed E-state index contributed by atoms with van der Waals surface area (Å²) in [5.74, 6) is -1.39. The summed E-state index contributed by atoms with van der Waals surface area (Å²) in [5.41, 5.74) is 0.658. The van der Waals surface area contributed by atoms with Gasteiger partial charge < -0.3 is 14.7 Å². The molecule has 3 rings (SSSR count). The quantitative estimate of drug-likeness (QED) is 0.777. The van der Waals surface area contributed by atoms with E-state index in [4.69, 9.17) is 27.9 Å². The van der Waals surface area contributed by atoms with Gasteiger partial charge in [0.1, 0.15) is 0 Å². The number of halogens is 2. The number of aliphatic hydroxyl groups excluding tert-OH is 1. The molecule has 0 spiro atoms. The van der Waals surface area contributed by atoms with Gasteiger partial charge in [0.25, 0.3) is 5.91 Å². The number of Topliss-reactive ketones (excluding diaryl/α,β-unsaturated/α-hetero) is 1. The molecule has 0 aliphatic carbocycles. The molecule has 2 aliphatic rings. The average molecular weight is 413 g/mol. The van der Waals surface area contributed by atoms with Crippen LogP contribution in [0.5, 0.6) is 0 Å². The summed E-state index contributed by atoms with van der Waals surface area (Å²) in [4.78, 5) is 28.6. The summed E-state index contributed by atoms with van der Waals surface area (Å²) < 4.78 is 5.34. The molecule has 0 aromatic heterocycles. The predicted octanol–water partition coefficient (Wildman–Crippen LogP) is 3.00. The first-order chi connectivity index (χ1) is 12.9. The zero-order valence-corrected chi connectivity index (χ0v) is 16.6. The van der Waals surface area contributed by atoms with Crippen molar-refractivity contribution < 1.29 is 19.4 Å². The first-order valence-corrected chi connectivity index (χ1v) is 9.66. The number of benzene rings is 1. The zero-order valence-electron chi connectivity index (χ0n) is 15.1. The Hall–Kier alpha value is -1.60. The van der Waals surface area contributed by atoms with Crippen LogP contribution in [-0.4, -0.2) is 66.0 Å². The Bertz CT molecular complexity index is 775. The van der Waals surface area contributed by atoms with Gasteiger partial charge in [-0.1, -0.05) is 29.3 Å². The summed E-state index contributed by atoms with van der Waals surface area (Å²) in [6, 6.07) is 4.22. The van der Waals surface area contributed by atoms with Crippen LogP contribution < -0.4 is 0 Å². The number of rotatable bonds is 6. The van der Waals surface area contributed by atoms with Crippen molar-refractivity contribution in [1.82, 2.24) is 9.80 Å². The molecule has 2 heterocycles. The molecule has 2 aliphatic heterocycles. The molecular weight excluding hydrogens is 391 g/mol. The SMILES string of the molecule is CC(=O)C1=C(O)C(=O)N(CCCN2CCOCC2)[C@H]1c1ccc(Cl)cc1Cl. The van der Waals surface area contributed by atoms with Crippen LogP contribution in [0.2, 0.25) is 10.0 Å². The summed E-state index contributed by atoms with van der Waals surface area (Å²) in [6.45, 7) is 5.70. The molecule has 1 fully saturated rings. The highest BCUT2D eigenvalue weighted by Crippen LogP contribution is 2.41. The second-order valence-electron chi connectivity index (χ2n) is 6.69. The maximum absolute atomic E-state index is 12.6. The van der Waals surface area contributed by atoms with Gasteiger partial charge in [0.15, 0.2) is 11.5 Å². The molecule has 8 heteroatoms. The van der Waals surface area contributed by atoms with Gasteiger partial charge in [-0.25, -0.2) is 0 Å². The zero-order chi connectivity index (χ0) is 19.6. The number of ketones is 1. The number of carbonyl (C=O) groups excluding carboxylic acids is 2. The molecule has 6 nitrogen and oxygen atoms in total. The van der Waals surface area contributed by atoms with Crippen LogP contribution in [0.25, 0.3) is 0 Å². The van der Waals surface area contributed by atoms with Crippen LogP contribution in [0.1, 0.15) is 24.9 Å². The summed E-state index contributed by atoms with van der Waals surface area (Å²) in [6.07, 6.45) is 0.714. The molecule has 0 saturated carbocycles. The fourth-order valence-electron chi connectivity index (χ4n) is 3.58. The molecule has 0 radical (unpaired) electrons. The number of amides is 1. The van der Waals surface area contributed by atoms with E-state index in [0.29, 0.717) is 41.8 Å². The lowest BCUT2D eigenvalue weighted by Gasteiger charge is -2.30. The maximum Gasteiger partial charge on any atom is 0.290 e. The first kappa shape index (κ1) is 20.1. The smallest absolute Gasteiger partial charge is 0.290 e. The Morgan fingerprint density at radius 3 is 2.59 bits per heavy atom. The summed E-state index contributed by atoms with van der Waals surface area (Å²) in [5, 5.41) is 11.1. The van der Waals surface area contributed by atoms with Crippen molar-refractivity contribution >= 4 is 34.9 Å². The maximum atomic E-state index is 12.6. The van der Waals surface area contributed by atoms with E-state index in [1.54, 1.807) is 18.2 Å². The number of nitrogens with zero attached hydrogens (tertiary/aromatic N) is 2. The fraction of sp³-hybridized carbons (Fsp3) is 0.474. The van der Waals surface area contributed by atoms with Crippen molar-refractivity contribution in [2.45, 2.75) is 19.4 Å². The standard InChI is InChI=1S/C19H22Cl2N2O4/c1-12(24)16-17(14-4-3-13(20)11-15(14)21)23(19(26)18(16)25)6-2-5-22-7-9-27-10-8-22/h3-4,11,17,25H,2,5-10H2,1H3/t17-/m0/s1. The van der Waals surface area contributed by atoms with Gasteiger partial charge in [0.2, 0.25) is 0 Å². The van der Waals surface area contributed by atoms with Crippen molar-refractivity contribution in [2.24, 2.45) is 0 Å². The molecular formula is C19H22Cl2N2O4. The minimum absolute atomic E-state index is 0.0793. The predicted molar refractivity (Wildman–Crippen MR) is 103 cm³/mol. The van der Waals surface area contributed by atoms with Crippen LogP contribution in [0.4, 0.5) is 0 Å². The minimum atomic E-state index is -0.704. The molecule has 0 unspecified atom stereocenters. The number of hydrogen-bond acceptors (Lipinski definition) is 5. The van der Waals surface area contributed by atoms with E-state index in [0.717, 1.165) is 19.6 Å². The molecule has 1 amide bonds.